The van der Waals surface area contributed by atoms with Gasteiger partial charge in [-0.15, -0.1) is 0 Å². The zero-order chi connectivity index (χ0) is 15.2. The van der Waals surface area contributed by atoms with Crippen LogP contribution in [0.15, 0.2) is 24.3 Å². The Bertz CT molecular complexity index is 450. The van der Waals surface area contributed by atoms with Gasteiger partial charge in [-0.3, -0.25) is 9.69 Å². The van der Waals surface area contributed by atoms with E-state index in [0.717, 1.165) is 38.4 Å². The Morgan fingerprint density at radius 2 is 1.81 bits per heavy atom. The van der Waals surface area contributed by atoms with Gasteiger partial charge in [-0.1, -0.05) is 26.0 Å². The van der Waals surface area contributed by atoms with E-state index in [1.165, 1.54) is 5.56 Å². The Hall–Kier alpha value is -1.39. The molecule has 1 fully saturated rings. The molecular formula is C17H26N2O2. The topological polar surface area (TPSA) is 41.6 Å². The van der Waals surface area contributed by atoms with Crippen molar-refractivity contribution < 1.29 is 9.53 Å². The second-order valence-electron chi connectivity index (χ2n) is 6.09. The maximum atomic E-state index is 12.1. The van der Waals surface area contributed by atoms with Gasteiger partial charge >= 0.3 is 0 Å². The van der Waals surface area contributed by atoms with Gasteiger partial charge in [0, 0.05) is 31.2 Å². The lowest BCUT2D eigenvalue weighted by molar-refractivity contribution is 0.0342. The molecule has 1 atom stereocenters. The minimum Gasteiger partial charge on any atom is -0.379 e. The van der Waals surface area contributed by atoms with Crippen molar-refractivity contribution in [1.82, 2.24) is 10.2 Å². The lowest BCUT2D eigenvalue weighted by Gasteiger charge is -2.26. The Kier molecular flexibility index (Phi) is 5.76. The molecule has 116 valence electrons. The monoisotopic (exact) mass is 290 g/mol. The van der Waals surface area contributed by atoms with Crippen molar-refractivity contribution in [2.24, 2.45) is 5.92 Å². The Labute approximate surface area is 127 Å². The van der Waals surface area contributed by atoms with Gasteiger partial charge in [0.1, 0.15) is 0 Å². The highest BCUT2D eigenvalue weighted by Gasteiger charge is 2.13. The minimum atomic E-state index is 0.00845. The third-order valence-electron chi connectivity index (χ3n) is 4.08. The van der Waals surface area contributed by atoms with Crippen LogP contribution in [0.3, 0.4) is 0 Å². The highest BCUT2D eigenvalue weighted by Crippen LogP contribution is 2.10. The molecule has 2 rings (SSSR count). The van der Waals surface area contributed by atoms with Crippen molar-refractivity contribution in [3.63, 3.8) is 0 Å². The van der Waals surface area contributed by atoms with Gasteiger partial charge in [-0.05, 0) is 30.5 Å². The Morgan fingerprint density at radius 1 is 1.19 bits per heavy atom. The fourth-order valence-corrected chi connectivity index (χ4v) is 2.24. The van der Waals surface area contributed by atoms with E-state index in [9.17, 15) is 4.79 Å². The molecule has 0 bridgehead atoms. The fraction of sp³-hybridized carbons (Fsp3) is 0.588. The predicted octanol–water partition coefficient (Wildman–Crippen LogP) is 2.29. The van der Waals surface area contributed by atoms with Crippen LogP contribution in [0.2, 0.25) is 0 Å². The summed E-state index contributed by atoms with van der Waals surface area (Å²) in [5.74, 6) is 0.448. The van der Waals surface area contributed by atoms with Crippen molar-refractivity contribution in [2.45, 2.75) is 33.4 Å². The van der Waals surface area contributed by atoms with E-state index in [1.807, 2.05) is 31.2 Å². The van der Waals surface area contributed by atoms with Gasteiger partial charge in [-0.25, -0.2) is 0 Å². The molecule has 1 N–H and O–H groups in total. The standard InChI is InChI=1S/C17H26N2O2/c1-13(2)14(3)18-17(20)16-6-4-15(5-7-16)12-19-8-10-21-11-9-19/h4-7,13-14H,8-12H2,1-3H3,(H,18,20). The van der Waals surface area contributed by atoms with Gasteiger partial charge < -0.3 is 10.1 Å². The first-order valence-corrected chi connectivity index (χ1v) is 7.76. The number of benzene rings is 1. The zero-order valence-corrected chi connectivity index (χ0v) is 13.3. The van der Waals surface area contributed by atoms with E-state index in [2.05, 4.69) is 24.1 Å². The van der Waals surface area contributed by atoms with Gasteiger partial charge in [-0.2, -0.15) is 0 Å². The zero-order valence-electron chi connectivity index (χ0n) is 13.3. The number of ether oxygens (including phenoxy) is 1. The number of carbonyl (C=O) groups is 1. The smallest absolute Gasteiger partial charge is 0.251 e. The molecule has 1 unspecified atom stereocenters. The van der Waals surface area contributed by atoms with Crippen molar-refractivity contribution in [2.75, 3.05) is 26.3 Å². The van der Waals surface area contributed by atoms with Crippen molar-refractivity contribution in [3.8, 4) is 0 Å². The van der Waals surface area contributed by atoms with E-state index >= 15 is 0 Å². The maximum Gasteiger partial charge on any atom is 0.251 e. The Morgan fingerprint density at radius 3 is 2.38 bits per heavy atom. The largest absolute Gasteiger partial charge is 0.379 e. The van der Waals surface area contributed by atoms with E-state index in [4.69, 9.17) is 4.74 Å². The van der Waals surface area contributed by atoms with Crippen LogP contribution < -0.4 is 5.32 Å². The molecule has 1 aromatic carbocycles. The summed E-state index contributed by atoms with van der Waals surface area (Å²) in [6.07, 6.45) is 0. The molecule has 1 aliphatic rings. The normalized spacial score (nSPS) is 17.7. The van der Waals surface area contributed by atoms with Crippen LogP contribution in [0, 0.1) is 5.92 Å². The first-order chi connectivity index (χ1) is 10.1. The van der Waals surface area contributed by atoms with Crippen LogP contribution in [0.1, 0.15) is 36.7 Å². The average molecular weight is 290 g/mol. The molecule has 1 aliphatic heterocycles. The highest BCUT2D eigenvalue weighted by molar-refractivity contribution is 5.94. The van der Waals surface area contributed by atoms with E-state index in [0.29, 0.717) is 5.92 Å². The third kappa shape index (κ3) is 4.83. The Balaban J connectivity index is 1.90. The number of nitrogens with zero attached hydrogens (tertiary/aromatic N) is 1. The quantitative estimate of drug-likeness (QED) is 0.904. The van der Waals surface area contributed by atoms with Crippen molar-refractivity contribution in [1.29, 1.82) is 0 Å². The van der Waals surface area contributed by atoms with Crippen LogP contribution in [-0.2, 0) is 11.3 Å². The SMILES string of the molecule is CC(C)C(C)NC(=O)c1ccc(CN2CCOCC2)cc1. The molecule has 0 aromatic heterocycles. The van der Waals surface area contributed by atoms with Gasteiger partial charge in [0.05, 0.1) is 13.2 Å². The fourth-order valence-electron chi connectivity index (χ4n) is 2.24. The predicted molar refractivity (Wildman–Crippen MR) is 84.3 cm³/mol. The minimum absolute atomic E-state index is 0.00845. The van der Waals surface area contributed by atoms with E-state index in [-0.39, 0.29) is 11.9 Å². The second-order valence-corrected chi connectivity index (χ2v) is 6.09. The number of hydrogen-bond donors (Lipinski definition) is 1. The summed E-state index contributed by atoms with van der Waals surface area (Å²) in [4.78, 5) is 14.5. The number of rotatable bonds is 5. The van der Waals surface area contributed by atoms with E-state index < -0.39 is 0 Å². The summed E-state index contributed by atoms with van der Waals surface area (Å²) >= 11 is 0. The molecule has 1 amide bonds. The third-order valence-corrected chi connectivity index (χ3v) is 4.08. The van der Waals surface area contributed by atoms with Gasteiger partial charge in [0.2, 0.25) is 0 Å². The summed E-state index contributed by atoms with van der Waals surface area (Å²) in [7, 11) is 0. The number of hydrogen-bond acceptors (Lipinski definition) is 3. The van der Waals surface area contributed by atoms with Crippen molar-refractivity contribution in [3.05, 3.63) is 35.4 Å². The van der Waals surface area contributed by atoms with E-state index in [1.54, 1.807) is 0 Å². The molecule has 0 aliphatic carbocycles. The van der Waals surface area contributed by atoms with Crippen LogP contribution in [0.5, 0.6) is 0 Å². The highest BCUT2D eigenvalue weighted by atomic mass is 16.5. The first-order valence-electron chi connectivity index (χ1n) is 7.76. The number of amides is 1. The summed E-state index contributed by atoms with van der Waals surface area (Å²) in [5, 5.41) is 3.03. The molecule has 0 saturated carbocycles. The van der Waals surface area contributed by atoms with Gasteiger partial charge in [0.25, 0.3) is 5.91 Å². The van der Waals surface area contributed by atoms with Crippen LogP contribution in [-0.4, -0.2) is 43.2 Å². The first kappa shape index (κ1) is 16.0. The van der Waals surface area contributed by atoms with Crippen LogP contribution >= 0.6 is 0 Å². The lowest BCUT2D eigenvalue weighted by Crippen LogP contribution is -2.36. The summed E-state index contributed by atoms with van der Waals surface area (Å²) in [6.45, 7) is 10.8. The number of carbonyl (C=O) groups excluding carboxylic acids is 1. The number of morpholine rings is 1. The van der Waals surface area contributed by atoms with Crippen LogP contribution in [0.25, 0.3) is 0 Å². The summed E-state index contributed by atoms with van der Waals surface area (Å²) < 4.78 is 5.35. The van der Waals surface area contributed by atoms with Gasteiger partial charge in [0.15, 0.2) is 0 Å². The summed E-state index contributed by atoms with van der Waals surface area (Å²) in [6, 6.07) is 8.11. The molecule has 4 nitrogen and oxygen atoms in total. The lowest BCUT2D eigenvalue weighted by atomic mass is 10.1. The average Bonchev–Trinajstić information content (AvgIpc) is 2.48. The van der Waals surface area contributed by atoms with Crippen molar-refractivity contribution >= 4 is 5.91 Å². The second kappa shape index (κ2) is 7.57. The maximum absolute atomic E-state index is 12.1. The molecular weight excluding hydrogens is 264 g/mol. The molecule has 21 heavy (non-hydrogen) atoms. The molecule has 0 spiro atoms. The molecule has 1 saturated heterocycles. The molecule has 4 heteroatoms. The number of nitrogens with one attached hydrogen (secondary N) is 1. The molecule has 0 radical (unpaired) electrons. The van der Waals surface area contributed by atoms with Crippen LogP contribution in [0.4, 0.5) is 0 Å². The summed E-state index contributed by atoms with van der Waals surface area (Å²) in [5.41, 5.74) is 1.97. The molecule has 1 heterocycles. The molecule has 1 aromatic rings.